The summed E-state index contributed by atoms with van der Waals surface area (Å²) in [6.45, 7) is 6.04. The van der Waals surface area contributed by atoms with Gasteiger partial charge in [-0.3, -0.25) is 9.59 Å². The van der Waals surface area contributed by atoms with Crippen LogP contribution in [0.3, 0.4) is 0 Å². The van der Waals surface area contributed by atoms with Gasteiger partial charge in [0.05, 0.1) is 6.42 Å². The lowest BCUT2D eigenvalue weighted by molar-refractivity contribution is -0.141. The van der Waals surface area contributed by atoms with Crippen LogP contribution in [0.1, 0.15) is 44.7 Å². The molecule has 2 aromatic carbocycles. The van der Waals surface area contributed by atoms with Crippen molar-refractivity contribution in [2.75, 3.05) is 0 Å². The van der Waals surface area contributed by atoms with Crippen molar-refractivity contribution in [1.82, 2.24) is 10.2 Å². The summed E-state index contributed by atoms with van der Waals surface area (Å²) in [5.74, 6) is -0.738. The minimum Gasteiger partial charge on any atom is -0.352 e. The zero-order valence-electron chi connectivity index (χ0n) is 17.1. The average Bonchev–Trinajstić information content (AvgIpc) is 2.70. The van der Waals surface area contributed by atoms with Gasteiger partial charge in [0.2, 0.25) is 11.8 Å². The van der Waals surface area contributed by atoms with Crippen LogP contribution in [0.25, 0.3) is 0 Å². The SMILES string of the molecule is CC[C@@H](C)NC(=O)[C@@H](CC)N(Cc1ccccc1Cl)C(=O)Cc1ccc(F)cc1. The van der Waals surface area contributed by atoms with Crippen LogP contribution >= 0.6 is 11.6 Å². The Kier molecular flexibility index (Phi) is 8.65. The van der Waals surface area contributed by atoms with Crippen molar-refractivity contribution < 1.29 is 14.0 Å². The molecule has 0 heterocycles. The third-order valence-corrected chi connectivity index (χ3v) is 5.32. The molecule has 2 amide bonds. The van der Waals surface area contributed by atoms with Gasteiger partial charge in [0.1, 0.15) is 11.9 Å². The molecule has 0 fully saturated rings. The topological polar surface area (TPSA) is 49.4 Å². The highest BCUT2D eigenvalue weighted by Crippen LogP contribution is 2.20. The van der Waals surface area contributed by atoms with E-state index in [0.717, 1.165) is 12.0 Å². The molecule has 156 valence electrons. The molecule has 2 aromatic rings. The Morgan fingerprint density at radius 3 is 2.31 bits per heavy atom. The molecule has 4 nitrogen and oxygen atoms in total. The number of hydrogen-bond donors (Lipinski definition) is 1. The minimum absolute atomic E-state index is 0.0194. The van der Waals surface area contributed by atoms with Crippen molar-refractivity contribution >= 4 is 23.4 Å². The molecule has 2 atom stereocenters. The van der Waals surface area contributed by atoms with Crippen molar-refractivity contribution in [3.63, 3.8) is 0 Å². The molecule has 0 saturated carbocycles. The van der Waals surface area contributed by atoms with Gasteiger partial charge in [0.15, 0.2) is 0 Å². The summed E-state index contributed by atoms with van der Waals surface area (Å²) in [6.07, 6.45) is 1.36. The third kappa shape index (κ3) is 6.57. The molecular formula is C23H28ClFN2O2. The second-order valence-corrected chi connectivity index (χ2v) is 7.57. The van der Waals surface area contributed by atoms with Crippen LogP contribution in [0.5, 0.6) is 0 Å². The maximum atomic E-state index is 13.2. The summed E-state index contributed by atoms with van der Waals surface area (Å²) in [7, 11) is 0. The monoisotopic (exact) mass is 418 g/mol. The van der Waals surface area contributed by atoms with Crippen LogP contribution in [-0.4, -0.2) is 28.8 Å². The normalized spacial score (nSPS) is 12.9. The summed E-state index contributed by atoms with van der Waals surface area (Å²) in [5.41, 5.74) is 1.47. The van der Waals surface area contributed by atoms with Gasteiger partial charge in [-0.2, -0.15) is 0 Å². The van der Waals surface area contributed by atoms with Crippen LogP contribution < -0.4 is 5.32 Å². The third-order valence-electron chi connectivity index (χ3n) is 4.95. The van der Waals surface area contributed by atoms with Gasteiger partial charge < -0.3 is 10.2 Å². The molecule has 0 unspecified atom stereocenters. The molecule has 0 aromatic heterocycles. The maximum Gasteiger partial charge on any atom is 0.243 e. The zero-order chi connectivity index (χ0) is 21.4. The Bertz CT molecular complexity index is 826. The van der Waals surface area contributed by atoms with Crippen LogP contribution in [0.15, 0.2) is 48.5 Å². The molecule has 6 heteroatoms. The first-order valence-electron chi connectivity index (χ1n) is 9.93. The lowest BCUT2D eigenvalue weighted by Crippen LogP contribution is -2.51. The Morgan fingerprint density at radius 2 is 1.72 bits per heavy atom. The highest BCUT2D eigenvalue weighted by Gasteiger charge is 2.29. The van der Waals surface area contributed by atoms with E-state index in [1.807, 2.05) is 39.0 Å². The number of halogens is 2. The fourth-order valence-electron chi connectivity index (χ4n) is 3.05. The Labute approximate surface area is 177 Å². The van der Waals surface area contributed by atoms with Gasteiger partial charge in [-0.05, 0) is 49.1 Å². The van der Waals surface area contributed by atoms with Crippen molar-refractivity contribution in [2.45, 2.75) is 58.7 Å². The summed E-state index contributed by atoms with van der Waals surface area (Å²) < 4.78 is 13.2. The zero-order valence-corrected chi connectivity index (χ0v) is 17.9. The number of nitrogens with zero attached hydrogens (tertiary/aromatic N) is 1. The van der Waals surface area contributed by atoms with E-state index in [-0.39, 0.29) is 36.6 Å². The van der Waals surface area contributed by atoms with E-state index in [1.54, 1.807) is 23.1 Å². The molecular weight excluding hydrogens is 391 g/mol. The van der Waals surface area contributed by atoms with Crippen LogP contribution in [0.4, 0.5) is 4.39 Å². The standard InChI is InChI=1S/C23H28ClFN2O2/c1-4-16(3)26-23(29)21(5-2)27(15-18-8-6-7-9-20(18)24)22(28)14-17-10-12-19(25)13-11-17/h6-13,16,21H,4-5,14-15H2,1-3H3,(H,26,29)/t16-,21-/m1/s1. The maximum absolute atomic E-state index is 13.2. The summed E-state index contributed by atoms with van der Waals surface area (Å²) in [6, 6.07) is 12.5. The van der Waals surface area contributed by atoms with Gasteiger partial charge in [0, 0.05) is 17.6 Å². The number of hydrogen-bond acceptors (Lipinski definition) is 2. The van der Waals surface area contributed by atoms with Gasteiger partial charge >= 0.3 is 0 Å². The Morgan fingerprint density at radius 1 is 1.07 bits per heavy atom. The first-order chi connectivity index (χ1) is 13.8. The molecule has 0 aliphatic carbocycles. The number of rotatable bonds is 9. The molecule has 0 radical (unpaired) electrons. The minimum atomic E-state index is -0.617. The van der Waals surface area contributed by atoms with Crippen LogP contribution in [-0.2, 0) is 22.6 Å². The van der Waals surface area contributed by atoms with Crippen LogP contribution in [0.2, 0.25) is 5.02 Å². The predicted molar refractivity (Wildman–Crippen MR) is 114 cm³/mol. The van der Waals surface area contributed by atoms with E-state index in [0.29, 0.717) is 17.0 Å². The Balaban J connectivity index is 2.30. The molecule has 2 rings (SSSR count). The van der Waals surface area contributed by atoms with E-state index in [2.05, 4.69) is 5.32 Å². The molecule has 0 aliphatic heterocycles. The van der Waals surface area contributed by atoms with E-state index >= 15 is 0 Å². The smallest absolute Gasteiger partial charge is 0.243 e. The van der Waals surface area contributed by atoms with Crippen molar-refractivity contribution in [3.05, 3.63) is 70.5 Å². The highest BCUT2D eigenvalue weighted by atomic mass is 35.5. The highest BCUT2D eigenvalue weighted by molar-refractivity contribution is 6.31. The fourth-order valence-corrected chi connectivity index (χ4v) is 3.24. The first kappa shape index (κ1) is 22.9. The summed E-state index contributed by atoms with van der Waals surface area (Å²) in [5, 5.41) is 3.52. The van der Waals surface area contributed by atoms with E-state index in [9.17, 15) is 14.0 Å². The number of carbonyl (C=O) groups is 2. The largest absolute Gasteiger partial charge is 0.352 e. The lowest BCUT2D eigenvalue weighted by atomic mass is 10.1. The molecule has 1 N–H and O–H groups in total. The summed E-state index contributed by atoms with van der Waals surface area (Å²) in [4.78, 5) is 27.6. The average molecular weight is 419 g/mol. The van der Waals surface area contributed by atoms with E-state index < -0.39 is 6.04 Å². The number of nitrogens with one attached hydrogen (secondary N) is 1. The lowest BCUT2D eigenvalue weighted by Gasteiger charge is -2.31. The molecule has 0 saturated heterocycles. The second kappa shape index (κ2) is 11.0. The second-order valence-electron chi connectivity index (χ2n) is 7.16. The Hall–Kier alpha value is -2.40. The van der Waals surface area contributed by atoms with Crippen molar-refractivity contribution in [3.8, 4) is 0 Å². The van der Waals surface area contributed by atoms with E-state index in [4.69, 9.17) is 11.6 Å². The van der Waals surface area contributed by atoms with Crippen molar-refractivity contribution in [2.24, 2.45) is 0 Å². The van der Waals surface area contributed by atoms with Gasteiger partial charge in [-0.1, -0.05) is 55.8 Å². The molecule has 0 spiro atoms. The van der Waals surface area contributed by atoms with Gasteiger partial charge in [-0.15, -0.1) is 0 Å². The number of carbonyl (C=O) groups excluding carboxylic acids is 2. The first-order valence-corrected chi connectivity index (χ1v) is 10.3. The fraction of sp³-hybridized carbons (Fsp3) is 0.391. The van der Waals surface area contributed by atoms with Gasteiger partial charge in [-0.25, -0.2) is 4.39 Å². The molecule has 0 aliphatic rings. The van der Waals surface area contributed by atoms with E-state index in [1.165, 1.54) is 12.1 Å². The number of benzene rings is 2. The van der Waals surface area contributed by atoms with Gasteiger partial charge in [0.25, 0.3) is 0 Å². The molecule has 0 bridgehead atoms. The van der Waals surface area contributed by atoms with Crippen molar-refractivity contribution in [1.29, 1.82) is 0 Å². The quantitative estimate of drug-likeness (QED) is 0.639. The molecule has 29 heavy (non-hydrogen) atoms. The van der Waals surface area contributed by atoms with Crippen LogP contribution in [0, 0.1) is 5.82 Å². The predicted octanol–water partition coefficient (Wildman–Crippen LogP) is 4.74. The number of amides is 2. The summed E-state index contributed by atoms with van der Waals surface area (Å²) >= 11 is 6.30.